The Morgan fingerprint density at radius 1 is 0.938 bits per heavy atom. The summed E-state index contributed by atoms with van der Waals surface area (Å²) < 4.78 is 5.66. The summed E-state index contributed by atoms with van der Waals surface area (Å²) in [6.45, 7) is 9.30. The summed E-state index contributed by atoms with van der Waals surface area (Å²) in [5.74, 6) is 0. The molecule has 0 aromatic rings. The number of nitrogens with two attached hydrogens (primary N) is 1. The molecule has 1 atom stereocenters. The highest BCUT2D eigenvalue weighted by atomic mass is 16.5. The highest BCUT2D eigenvalue weighted by molar-refractivity contribution is 4.78. The van der Waals surface area contributed by atoms with Gasteiger partial charge in [-0.25, -0.2) is 0 Å². The fourth-order valence-electron chi connectivity index (χ4n) is 2.02. The van der Waals surface area contributed by atoms with Gasteiger partial charge < -0.3 is 10.5 Å². The minimum Gasteiger partial charge on any atom is -0.381 e. The molecule has 0 heterocycles. The number of hydrogen-bond donors (Lipinski definition) is 1. The maximum Gasteiger partial charge on any atom is 0.0471 e. The lowest BCUT2D eigenvalue weighted by atomic mass is 9.77. The lowest BCUT2D eigenvalue weighted by molar-refractivity contribution is 0.0869. The van der Waals surface area contributed by atoms with Crippen molar-refractivity contribution in [2.75, 3.05) is 19.8 Å². The summed E-state index contributed by atoms with van der Waals surface area (Å²) in [4.78, 5) is 0. The zero-order valence-electron chi connectivity index (χ0n) is 11.6. The van der Waals surface area contributed by atoms with Gasteiger partial charge in [-0.2, -0.15) is 0 Å². The van der Waals surface area contributed by atoms with E-state index in [1.807, 2.05) is 0 Å². The van der Waals surface area contributed by atoms with Crippen molar-refractivity contribution in [2.45, 2.75) is 65.7 Å². The number of unbranched alkanes of at least 4 members (excludes halogenated alkanes) is 2. The Morgan fingerprint density at radius 3 is 2.12 bits per heavy atom. The van der Waals surface area contributed by atoms with Gasteiger partial charge in [0.15, 0.2) is 0 Å². The lowest BCUT2D eigenvalue weighted by Gasteiger charge is -2.31. The molecule has 0 fully saturated rings. The van der Waals surface area contributed by atoms with E-state index in [2.05, 4.69) is 20.8 Å². The summed E-state index contributed by atoms with van der Waals surface area (Å²) in [6, 6.07) is 0. The fourth-order valence-corrected chi connectivity index (χ4v) is 2.02. The van der Waals surface area contributed by atoms with Crippen molar-refractivity contribution in [3.63, 3.8) is 0 Å². The summed E-state index contributed by atoms with van der Waals surface area (Å²) in [7, 11) is 0. The fraction of sp³-hybridized carbons (Fsp3) is 1.00. The number of rotatable bonds is 11. The zero-order chi connectivity index (χ0) is 12.3. The van der Waals surface area contributed by atoms with Gasteiger partial charge in [0.05, 0.1) is 0 Å². The van der Waals surface area contributed by atoms with Crippen LogP contribution in [0.25, 0.3) is 0 Å². The maximum absolute atomic E-state index is 5.94. The predicted molar refractivity (Wildman–Crippen MR) is 71.6 cm³/mol. The van der Waals surface area contributed by atoms with Crippen molar-refractivity contribution in [2.24, 2.45) is 11.1 Å². The average Bonchev–Trinajstić information content (AvgIpc) is 2.33. The van der Waals surface area contributed by atoms with Crippen LogP contribution >= 0.6 is 0 Å². The third kappa shape index (κ3) is 6.49. The summed E-state index contributed by atoms with van der Waals surface area (Å²) >= 11 is 0. The molecule has 0 saturated heterocycles. The maximum atomic E-state index is 5.94. The van der Waals surface area contributed by atoms with E-state index in [1.165, 1.54) is 38.5 Å². The van der Waals surface area contributed by atoms with Crippen molar-refractivity contribution in [1.29, 1.82) is 0 Å². The van der Waals surface area contributed by atoms with Crippen LogP contribution in [-0.4, -0.2) is 19.8 Å². The lowest BCUT2D eigenvalue weighted by Crippen LogP contribution is -2.31. The van der Waals surface area contributed by atoms with Crippen LogP contribution in [-0.2, 0) is 4.74 Å². The molecule has 0 aromatic carbocycles. The first-order valence-electron chi connectivity index (χ1n) is 7.02. The Balaban J connectivity index is 3.82. The van der Waals surface area contributed by atoms with Crippen molar-refractivity contribution in [1.82, 2.24) is 0 Å². The van der Waals surface area contributed by atoms with Gasteiger partial charge in [0.25, 0.3) is 0 Å². The van der Waals surface area contributed by atoms with Crippen molar-refractivity contribution in [3.8, 4) is 0 Å². The van der Waals surface area contributed by atoms with Gasteiger partial charge in [-0.15, -0.1) is 0 Å². The first kappa shape index (κ1) is 15.9. The second kappa shape index (κ2) is 10.1. The molecule has 0 aliphatic rings. The first-order chi connectivity index (χ1) is 7.74. The quantitative estimate of drug-likeness (QED) is 0.548. The molecule has 0 aliphatic heterocycles. The van der Waals surface area contributed by atoms with E-state index in [9.17, 15) is 0 Å². The average molecular weight is 229 g/mol. The molecule has 98 valence electrons. The molecular weight excluding hydrogens is 198 g/mol. The third-order valence-corrected chi connectivity index (χ3v) is 3.66. The van der Waals surface area contributed by atoms with Crippen LogP contribution in [0.1, 0.15) is 65.7 Å². The molecule has 1 unspecified atom stereocenters. The monoisotopic (exact) mass is 229 g/mol. The normalized spacial score (nSPS) is 15.0. The van der Waals surface area contributed by atoms with E-state index in [0.717, 1.165) is 26.2 Å². The number of hydrogen-bond acceptors (Lipinski definition) is 2. The van der Waals surface area contributed by atoms with Crippen LogP contribution < -0.4 is 5.73 Å². The Labute approximate surface area is 102 Å². The van der Waals surface area contributed by atoms with Gasteiger partial charge in [0.1, 0.15) is 0 Å². The Hall–Kier alpha value is -0.0800. The van der Waals surface area contributed by atoms with Crippen LogP contribution in [0.4, 0.5) is 0 Å². The van der Waals surface area contributed by atoms with E-state index in [0.29, 0.717) is 5.41 Å². The zero-order valence-corrected chi connectivity index (χ0v) is 11.6. The largest absolute Gasteiger partial charge is 0.381 e. The van der Waals surface area contributed by atoms with Crippen LogP contribution in [0.2, 0.25) is 0 Å². The smallest absolute Gasteiger partial charge is 0.0471 e. The molecule has 2 nitrogen and oxygen atoms in total. The molecule has 2 heteroatoms. The van der Waals surface area contributed by atoms with E-state index < -0.39 is 0 Å². The summed E-state index contributed by atoms with van der Waals surface area (Å²) in [6.07, 6.45) is 8.51. The van der Waals surface area contributed by atoms with Crippen LogP contribution in [0, 0.1) is 5.41 Å². The second-order valence-electron chi connectivity index (χ2n) is 4.88. The molecule has 0 rings (SSSR count). The van der Waals surface area contributed by atoms with E-state index in [-0.39, 0.29) is 0 Å². The highest BCUT2D eigenvalue weighted by Gasteiger charge is 2.25. The molecule has 0 spiro atoms. The van der Waals surface area contributed by atoms with Gasteiger partial charge >= 0.3 is 0 Å². The van der Waals surface area contributed by atoms with Crippen LogP contribution in [0.5, 0.6) is 0 Å². The van der Waals surface area contributed by atoms with Crippen LogP contribution in [0.15, 0.2) is 0 Å². The summed E-state index contributed by atoms with van der Waals surface area (Å²) in [5.41, 5.74) is 6.28. The molecule has 0 amide bonds. The molecule has 0 aromatic heterocycles. The summed E-state index contributed by atoms with van der Waals surface area (Å²) in [5, 5.41) is 0. The highest BCUT2D eigenvalue weighted by Crippen LogP contribution is 2.31. The Kier molecular flexibility index (Phi) is 10.0. The second-order valence-corrected chi connectivity index (χ2v) is 4.88. The molecule has 0 aliphatic carbocycles. The molecule has 0 radical (unpaired) electrons. The molecule has 16 heavy (non-hydrogen) atoms. The van der Waals surface area contributed by atoms with Gasteiger partial charge in [0, 0.05) is 13.2 Å². The topological polar surface area (TPSA) is 35.2 Å². The predicted octanol–water partition coefficient (Wildman–Crippen LogP) is 3.74. The minimum absolute atomic E-state index is 0.336. The third-order valence-electron chi connectivity index (χ3n) is 3.66. The molecule has 0 saturated carbocycles. The Morgan fingerprint density at radius 2 is 1.62 bits per heavy atom. The minimum atomic E-state index is 0.336. The number of ether oxygens (including phenoxy) is 1. The van der Waals surface area contributed by atoms with Crippen molar-refractivity contribution in [3.05, 3.63) is 0 Å². The SMILES string of the molecule is CCCCOCCC(CC)(CN)CCCC. The molecule has 0 bridgehead atoms. The van der Waals surface area contributed by atoms with E-state index in [4.69, 9.17) is 10.5 Å². The van der Waals surface area contributed by atoms with Gasteiger partial charge in [-0.05, 0) is 37.6 Å². The van der Waals surface area contributed by atoms with E-state index >= 15 is 0 Å². The first-order valence-corrected chi connectivity index (χ1v) is 7.02. The molecule has 2 N–H and O–H groups in total. The van der Waals surface area contributed by atoms with Crippen LogP contribution in [0.3, 0.4) is 0 Å². The van der Waals surface area contributed by atoms with Crippen molar-refractivity contribution < 1.29 is 4.74 Å². The van der Waals surface area contributed by atoms with E-state index in [1.54, 1.807) is 0 Å². The van der Waals surface area contributed by atoms with Gasteiger partial charge in [0.2, 0.25) is 0 Å². The Bertz CT molecular complexity index is 144. The van der Waals surface area contributed by atoms with Gasteiger partial charge in [-0.1, -0.05) is 40.0 Å². The molecular formula is C14H31NO. The van der Waals surface area contributed by atoms with Crippen molar-refractivity contribution >= 4 is 0 Å². The van der Waals surface area contributed by atoms with Gasteiger partial charge in [-0.3, -0.25) is 0 Å². The standard InChI is InChI=1S/C14H31NO/c1-4-7-9-14(6-3,13-15)10-12-16-11-8-5-2/h4-13,15H2,1-3H3.